The molecular weight excluding hydrogens is 584 g/mol. The molecule has 0 unspecified atom stereocenters. The lowest BCUT2D eigenvalue weighted by atomic mass is 10.1. The first-order valence-corrected chi connectivity index (χ1v) is 19.0. The van der Waals surface area contributed by atoms with Crippen molar-refractivity contribution in [2.45, 2.75) is 181 Å². The van der Waals surface area contributed by atoms with E-state index < -0.39 is 10.9 Å². The normalized spacial score (nSPS) is 11.0. The molecule has 0 atom stereocenters. The molecule has 2 aromatic heterocycles. The molecule has 2 aromatic rings. The van der Waals surface area contributed by atoms with Crippen LogP contribution in [0.25, 0.3) is 0 Å². The molecular formula is C40H62N4O3. The summed E-state index contributed by atoms with van der Waals surface area (Å²) in [7, 11) is 0. The van der Waals surface area contributed by atoms with E-state index in [2.05, 4.69) is 26.0 Å². The molecule has 0 amide bonds. The predicted molar refractivity (Wildman–Crippen MR) is 193 cm³/mol. The maximum Gasteiger partial charge on any atom is 0.225 e. The molecule has 0 aliphatic rings. The Kier molecular flexibility index (Phi) is 21.8. The highest BCUT2D eigenvalue weighted by molar-refractivity contribution is 5.35. The van der Waals surface area contributed by atoms with Gasteiger partial charge >= 0.3 is 0 Å². The molecule has 2 heterocycles. The standard InChI is InChI=1S/C40H62N4O3/c1-3-5-7-9-11-13-15-17-19-21-23-25-27-43-33-39(37(45)29-35(43)31-41)47-40-34-44(36(32-42)30-38(40)46)28-26-24-22-20-18-16-14-12-10-8-6-4-2/h29-30,33-34H,3-28H2,1-2H3. The topological polar surface area (TPSA) is 101 Å². The first kappa shape index (κ1) is 39.9. The third kappa shape index (κ3) is 16.9. The molecule has 0 saturated carbocycles. The minimum absolute atomic E-state index is 0.0154. The fraction of sp³-hybridized carbons (Fsp3) is 0.700. The van der Waals surface area contributed by atoms with Gasteiger partial charge in [0.25, 0.3) is 0 Å². The number of hydrogen-bond donors (Lipinski definition) is 0. The zero-order chi connectivity index (χ0) is 34.0. The maximum atomic E-state index is 12.8. The molecule has 7 heteroatoms. The Morgan fingerprint density at radius 1 is 0.489 bits per heavy atom. The maximum absolute atomic E-state index is 12.8. The van der Waals surface area contributed by atoms with Gasteiger partial charge in [0.15, 0.2) is 11.5 Å². The van der Waals surface area contributed by atoms with Gasteiger partial charge in [-0.15, -0.1) is 0 Å². The SMILES string of the molecule is CCCCCCCCCCCCCCn1cc(Oc2cn(CCCCCCCCCCCCCC)c(C#N)cc2=O)c(=O)cc1C#N. The van der Waals surface area contributed by atoms with Crippen molar-refractivity contribution in [2.24, 2.45) is 0 Å². The molecule has 0 aliphatic heterocycles. The molecule has 0 bridgehead atoms. The highest BCUT2D eigenvalue weighted by Crippen LogP contribution is 2.19. The van der Waals surface area contributed by atoms with Crippen molar-refractivity contribution >= 4 is 0 Å². The molecule has 0 saturated heterocycles. The van der Waals surface area contributed by atoms with E-state index in [4.69, 9.17) is 4.74 Å². The summed E-state index contributed by atoms with van der Waals surface area (Å²) in [5.74, 6) is 0.0308. The molecule has 260 valence electrons. The fourth-order valence-corrected chi connectivity index (χ4v) is 6.19. The summed E-state index contributed by atoms with van der Waals surface area (Å²) in [6.45, 7) is 5.71. The number of aryl methyl sites for hydroxylation is 2. The number of nitrogens with zero attached hydrogens (tertiary/aromatic N) is 4. The second kappa shape index (κ2) is 25.7. The molecule has 0 fully saturated rings. The Hall–Kier alpha value is -3.32. The minimum atomic E-state index is -0.441. The lowest BCUT2D eigenvalue weighted by Crippen LogP contribution is -2.17. The Labute approximate surface area is 285 Å². The van der Waals surface area contributed by atoms with Crippen LogP contribution in [-0.4, -0.2) is 9.13 Å². The summed E-state index contributed by atoms with van der Waals surface area (Å²) in [5.41, 5.74) is -0.309. The first-order chi connectivity index (χ1) is 23.0. The smallest absolute Gasteiger partial charge is 0.225 e. The van der Waals surface area contributed by atoms with E-state index in [9.17, 15) is 20.1 Å². The molecule has 0 aromatic carbocycles. The summed E-state index contributed by atoms with van der Waals surface area (Å²) >= 11 is 0. The number of hydrogen-bond acceptors (Lipinski definition) is 5. The van der Waals surface area contributed by atoms with Gasteiger partial charge < -0.3 is 13.9 Å². The van der Waals surface area contributed by atoms with Gasteiger partial charge in [0.1, 0.15) is 23.5 Å². The minimum Gasteiger partial charge on any atom is -0.446 e. The van der Waals surface area contributed by atoms with E-state index in [0.717, 1.165) is 38.5 Å². The van der Waals surface area contributed by atoms with Crippen LogP contribution in [0.15, 0.2) is 34.1 Å². The Morgan fingerprint density at radius 3 is 1.04 bits per heavy atom. The number of nitriles is 2. The van der Waals surface area contributed by atoms with Crippen molar-refractivity contribution < 1.29 is 4.74 Å². The fourth-order valence-electron chi connectivity index (χ4n) is 6.19. The first-order valence-electron chi connectivity index (χ1n) is 19.0. The van der Waals surface area contributed by atoms with Gasteiger partial charge in [-0.3, -0.25) is 9.59 Å². The van der Waals surface area contributed by atoms with Crippen LogP contribution in [-0.2, 0) is 13.1 Å². The second-order valence-corrected chi connectivity index (χ2v) is 13.3. The average Bonchev–Trinajstić information content (AvgIpc) is 3.07. The summed E-state index contributed by atoms with van der Waals surface area (Å²) < 4.78 is 9.36. The van der Waals surface area contributed by atoms with Crippen molar-refractivity contribution in [3.05, 3.63) is 56.4 Å². The van der Waals surface area contributed by atoms with Crippen molar-refractivity contribution in [1.82, 2.24) is 9.13 Å². The zero-order valence-electron chi connectivity index (χ0n) is 29.7. The van der Waals surface area contributed by atoms with Crippen LogP contribution < -0.4 is 15.6 Å². The third-order valence-electron chi connectivity index (χ3n) is 9.14. The van der Waals surface area contributed by atoms with Crippen molar-refractivity contribution in [1.29, 1.82) is 10.5 Å². The average molecular weight is 647 g/mol. The van der Waals surface area contributed by atoms with Gasteiger partial charge in [-0.2, -0.15) is 10.5 Å². The van der Waals surface area contributed by atoms with Gasteiger partial charge in [-0.05, 0) is 12.8 Å². The van der Waals surface area contributed by atoms with Crippen molar-refractivity contribution in [3.63, 3.8) is 0 Å². The van der Waals surface area contributed by atoms with Crippen LogP contribution in [0, 0.1) is 22.7 Å². The van der Waals surface area contributed by atoms with Crippen molar-refractivity contribution in [3.8, 4) is 23.6 Å². The van der Waals surface area contributed by atoms with Crippen molar-refractivity contribution in [2.75, 3.05) is 0 Å². The lowest BCUT2D eigenvalue weighted by molar-refractivity contribution is 0.450. The van der Waals surface area contributed by atoms with Gasteiger partial charge in [0, 0.05) is 25.2 Å². The molecule has 0 N–H and O–H groups in total. The molecule has 0 radical (unpaired) electrons. The third-order valence-corrected chi connectivity index (χ3v) is 9.14. The van der Waals surface area contributed by atoms with Crippen LogP contribution in [0.4, 0.5) is 0 Å². The molecule has 0 spiro atoms. The lowest BCUT2D eigenvalue weighted by Gasteiger charge is -2.14. The molecule has 7 nitrogen and oxygen atoms in total. The van der Waals surface area contributed by atoms with Crippen LogP contribution in [0.2, 0.25) is 0 Å². The molecule has 2 rings (SSSR count). The number of rotatable bonds is 28. The Morgan fingerprint density at radius 2 is 0.766 bits per heavy atom. The number of pyridine rings is 2. The Bertz CT molecular complexity index is 1230. The number of unbranched alkanes of at least 4 members (excludes halogenated alkanes) is 22. The van der Waals surface area contributed by atoms with E-state index in [1.54, 1.807) is 21.5 Å². The molecule has 47 heavy (non-hydrogen) atoms. The van der Waals surface area contributed by atoms with Gasteiger partial charge in [0.05, 0.1) is 12.4 Å². The Balaban J connectivity index is 1.83. The van der Waals surface area contributed by atoms with Gasteiger partial charge in [-0.25, -0.2) is 0 Å². The zero-order valence-corrected chi connectivity index (χ0v) is 29.7. The summed E-state index contributed by atoms with van der Waals surface area (Å²) in [5, 5.41) is 19.3. The van der Waals surface area contributed by atoms with E-state index in [1.807, 2.05) is 0 Å². The highest BCUT2D eigenvalue weighted by Gasteiger charge is 2.13. The number of aromatic nitrogens is 2. The second-order valence-electron chi connectivity index (χ2n) is 13.3. The largest absolute Gasteiger partial charge is 0.446 e. The number of ether oxygens (including phenoxy) is 1. The highest BCUT2D eigenvalue weighted by atomic mass is 16.5. The monoisotopic (exact) mass is 646 g/mol. The predicted octanol–water partition coefficient (Wildman–Crippen LogP) is 10.9. The van der Waals surface area contributed by atoms with Crippen LogP contribution in [0.5, 0.6) is 11.5 Å². The van der Waals surface area contributed by atoms with E-state index in [0.29, 0.717) is 13.1 Å². The van der Waals surface area contributed by atoms with Gasteiger partial charge in [-0.1, -0.05) is 155 Å². The van der Waals surface area contributed by atoms with E-state index in [-0.39, 0.29) is 22.9 Å². The van der Waals surface area contributed by atoms with Gasteiger partial charge in [0.2, 0.25) is 10.9 Å². The summed E-state index contributed by atoms with van der Waals surface area (Å²) in [6, 6.07) is 6.80. The van der Waals surface area contributed by atoms with E-state index in [1.165, 1.54) is 128 Å². The van der Waals surface area contributed by atoms with Crippen LogP contribution >= 0.6 is 0 Å². The van der Waals surface area contributed by atoms with E-state index >= 15 is 0 Å². The molecule has 0 aliphatic carbocycles. The van der Waals surface area contributed by atoms with Crippen LogP contribution in [0.3, 0.4) is 0 Å². The summed E-state index contributed by atoms with van der Waals surface area (Å²) in [4.78, 5) is 25.6. The summed E-state index contributed by atoms with van der Waals surface area (Å²) in [6.07, 6.45) is 33.0. The quantitative estimate of drug-likeness (QED) is 0.0856. The van der Waals surface area contributed by atoms with Crippen LogP contribution in [0.1, 0.15) is 179 Å².